The summed E-state index contributed by atoms with van der Waals surface area (Å²) in [5.74, 6) is -0.548. The topological polar surface area (TPSA) is 162 Å². The van der Waals surface area contributed by atoms with Crippen molar-refractivity contribution in [3.63, 3.8) is 0 Å². The molecule has 2 aliphatic heterocycles. The van der Waals surface area contributed by atoms with Crippen LogP contribution in [0.5, 0.6) is 5.75 Å². The molecule has 0 radical (unpaired) electrons. The predicted octanol–water partition coefficient (Wildman–Crippen LogP) is 5.86. The van der Waals surface area contributed by atoms with Crippen molar-refractivity contribution >= 4 is 36.4 Å². The zero-order valence-corrected chi connectivity index (χ0v) is 29.6. The Kier molecular flexibility index (Phi) is 9.51. The van der Waals surface area contributed by atoms with E-state index in [1.165, 1.54) is 10.8 Å². The Labute approximate surface area is 280 Å². The van der Waals surface area contributed by atoms with Gasteiger partial charge in [0.1, 0.15) is 48.6 Å². The summed E-state index contributed by atoms with van der Waals surface area (Å²) in [5, 5.41) is 15.3. The Morgan fingerprint density at radius 1 is 1.06 bits per heavy atom. The molecule has 2 saturated heterocycles. The Hall–Kier alpha value is -3.15. The number of phosphoric ester groups is 1. The number of hydrogen-bond acceptors (Lipinski definition) is 13. The van der Waals surface area contributed by atoms with Crippen molar-refractivity contribution in [3.05, 3.63) is 54.0 Å². The number of nitrogens with two attached hydrogens (primary N) is 1. The van der Waals surface area contributed by atoms with Gasteiger partial charge in [-0.15, -0.1) is 0 Å². The second-order valence-corrected chi connectivity index (χ2v) is 16.0. The third-order valence-electron chi connectivity index (χ3n) is 7.77. The first-order valence-corrected chi connectivity index (χ1v) is 17.1. The quantitative estimate of drug-likeness (QED) is 0.153. The average molecular weight is 688 g/mol. The maximum Gasteiger partial charge on any atom is 0.530 e. The highest BCUT2D eigenvalue weighted by Gasteiger charge is 2.65. The highest BCUT2D eigenvalue weighted by atomic mass is 32.1. The minimum atomic E-state index is -4.30. The molecule has 0 aliphatic carbocycles. The van der Waals surface area contributed by atoms with Crippen LogP contribution in [0.2, 0.25) is 0 Å². The molecule has 2 aromatic heterocycles. The maximum absolute atomic E-state index is 14.2. The summed E-state index contributed by atoms with van der Waals surface area (Å²) in [5.41, 5.74) is 5.84. The molecule has 254 valence electrons. The third-order valence-corrected chi connectivity index (χ3v) is 9.90. The molecule has 2 N–H and O–H groups in total. The molecule has 3 aromatic rings. The van der Waals surface area contributed by atoms with Crippen molar-refractivity contribution in [2.24, 2.45) is 5.41 Å². The van der Waals surface area contributed by atoms with E-state index in [4.69, 9.17) is 50.5 Å². The van der Waals surface area contributed by atoms with E-state index in [2.05, 4.69) is 36.9 Å². The summed E-state index contributed by atoms with van der Waals surface area (Å²) < 4.78 is 57.7. The lowest BCUT2D eigenvalue weighted by Crippen LogP contribution is -2.40. The van der Waals surface area contributed by atoms with E-state index in [0.717, 1.165) is 5.56 Å². The molecule has 2 fully saturated rings. The first kappa shape index (κ1) is 35.2. The van der Waals surface area contributed by atoms with Crippen molar-refractivity contribution in [1.82, 2.24) is 14.6 Å². The van der Waals surface area contributed by atoms with E-state index in [-0.39, 0.29) is 42.2 Å². The van der Waals surface area contributed by atoms with Gasteiger partial charge in [0.2, 0.25) is 5.60 Å². The van der Waals surface area contributed by atoms with Crippen LogP contribution in [0.15, 0.2) is 42.7 Å². The Bertz CT molecular complexity index is 1710. The van der Waals surface area contributed by atoms with Crippen molar-refractivity contribution < 1.29 is 37.1 Å². The summed E-state index contributed by atoms with van der Waals surface area (Å²) >= 11 is 5.34. The Balaban J connectivity index is 1.40. The number of hydrogen-bond donors (Lipinski definition) is 1. The number of phosphoric acid groups is 1. The van der Waals surface area contributed by atoms with Gasteiger partial charge in [0, 0.05) is 5.41 Å². The van der Waals surface area contributed by atoms with Crippen molar-refractivity contribution in [1.29, 1.82) is 5.26 Å². The minimum Gasteiger partial charge on any atom is -0.484 e. The molecule has 2 aliphatic rings. The molecule has 0 amide bonds. The fraction of sp³-hybridized carbons (Fsp3) is 0.562. The van der Waals surface area contributed by atoms with Crippen LogP contribution in [-0.2, 0) is 43.6 Å². The molecular formula is C32H42N5O8PS. The fourth-order valence-corrected chi connectivity index (χ4v) is 6.63. The molecule has 0 saturated carbocycles. The SMILES string of the molecule is CC1(C)O[C@H]2[C@@H](O1)C(C#N)(c1ccc3c(N)ncnn13)O[C@@H]2COP(=O)(OCCOC(=S)C(C)(C)C)Oc1ccc(C(C)(C)C)cc1. The molecule has 0 spiro atoms. The summed E-state index contributed by atoms with van der Waals surface area (Å²) in [6.07, 6.45) is -1.33. The van der Waals surface area contributed by atoms with Crippen molar-refractivity contribution in [2.75, 3.05) is 25.6 Å². The highest BCUT2D eigenvalue weighted by Crippen LogP contribution is 2.53. The van der Waals surface area contributed by atoms with Crippen LogP contribution in [-0.4, -0.2) is 63.6 Å². The van der Waals surface area contributed by atoms with E-state index in [1.54, 1.807) is 38.1 Å². The number of rotatable bonds is 10. The van der Waals surface area contributed by atoms with Gasteiger partial charge in [-0.2, -0.15) is 10.4 Å². The molecule has 2 unspecified atom stereocenters. The summed E-state index contributed by atoms with van der Waals surface area (Å²) in [6.45, 7) is 15.1. The van der Waals surface area contributed by atoms with Crippen LogP contribution in [0, 0.1) is 16.7 Å². The number of fused-ring (bicyclic) bond motifs is 2. The summed E-state index contributed by atoms with van der Waals surface area (Å²) in [6, 6.07) is 12.8. The lowest BCUT2D eigenvalue weighted by atomic mass is 9.87. The second-order valence-electron chi connectivity index (χ2n) is 14.0. The summed E-state index contributed by atoms with van der Waals surface area (Å²) in [4.78, 5) is 4.03. The van der Waals surface area contributed by atoms with Crippen LogP contribution in [0.3, 0.4) is 0 Å². The van der Waals surface area contributed by atoms with Gasteiger partial charge < -0.3 is 29.2 Å². The van der Waals surface area contributed by atoms with E-state index in [9.17, 15) is 9.83 Å². The van der Waals surface area contributed by atoms with Gasteiger partial charge in [-0.1, -0.05) is 53.7 Å². The average Bonchev–Trinajstić information content (AvgIpc) is 3.64. The zero-order chi connectivity index (χ0) is 34.4. The molecule has 5 atom stereocenters. The smallest absolute Gasteiger partial charge is 0.484 e. The number of anilines is 1. The van der Waals surface area contributed by atoms with E-state index in [0.29, 0.717) is 16.3 Å². The van der Waals surface area contributed by atoms with Gasteiger partial charge in [0.05, 0.1) is 18.9 Å². The van der Waals surface area contributed by atoms with Crippen molar-refractivity contribution in [3.8, 4) is 11.8 Å². The zero-order valence-electron chi connectivity index (χ0n) is 27.9. The lowest BCUT2D eigenvalue weighted by Gasteiger charge is -2.29. The number of benzene rings is 1. The van der Waals surface area contributed by atoms with Crippen molar-refractivity contribution in [2.45, 2.75) is 90.5 Å². The fourth-order valence-electron chi connectivity index (χ4n) is 5.36. The number of aromatic nitrogens is 3. The third kappa shape index (κ3) is 7.32. The number of ether oxygens (including phenoxy) is 4. The molecule has 5 rings (SSSR count). The van der Waals surface area contributed by atoms with Gasteiger partial charge in [0.15, 0.2) is 16.7 Å². The number of nitrogens with zero attached hydrogens (tertiary/aromatic N) is 4. The van der Waals surface area contributed by atoms with E-state index < -0.39 is 37.5 Å². The van der Waals surface area contributed by atoms with Crippen LogP contribution >= 0.6 is 20.0 Å². The standard InChI is InChI=1S/C32H42N5O8PS/c1-29(2,3)20-9-11-21(12-10-20)45-46(38,40-16-15-39-28(47)30(4,5)6)41-17-23-25-26(44-31(7,8)43-25)32(18-33,42-23)24-14-13-22-27(34)35-19-36-37(22)24/h9-14,19,23,25-26H,15-17H2,1-8H3,(H2,34,35,36)/t23-,25-,26-,32?,46?/m1/s1. The maximum atomic E-state index is 14.2. The van der Waals surface area contributed by atoms with Gasteiger partial charge in [-0.25, -0.2) is 14.1 Å². The predicted molar refractivity (Wildman–Crippen MR) is 177 cm³/mol. The molecule has 47 heavy (non-hydrogen) atoms. The van der Waals surface area contributed by atoms with Gasteiger partial charge >= 0.3 is 7.82 Å². The first-order valence-electron chi connectivity index (χ1n) is 15.3. The van der Waals surface area contributed by atoms with E-state index >= 15 is 0 Å². The Morgan fingerprint density at radius 3 is 2.40 bits per heavy atom. The minimum absolute atomic E-state index is 0.0232. The lowest BCUT2D eigenvalue weighted by molar-refractivity contribution is -0.204. The molecule has 4 heterocycles. The number of thiocarbonyl (C=S) groups is 1. The number of nitrogen functional groups attached to an aromatic ring is 1. The molecular weight excluding hydrogens is 645 g/mol. The van der Waals surface area contributed by atoms with Crippen LogP contribution in [0.25, 0.3) is 5.52 Å². The van der Waals surface area contributed by atoms with Crippen LogP contribution in [0.4, 0.5) is 5.82 Å². The molecule has 0 bridgehead atoms. The van der Waals surface area contributed by atoms with E-state index in [1.807, 2.05) is 32.9 Å². The summed E-state index contributed by atoms with van der Waals surface area (Å²) in [7, 11) is -4.30. The van der Waals surface area contributed by atoms with Crippen LogP contribution in [0.1, 0.15) is 66.6 Å². The number of nitriles is 1. The Morgan fingerprint density at radius 2 is 1.77 bits per heavy atom. The highest BCUT2D eigenvalue weighted by molar-refractivity contribution is 7.80. The normalized spacial score (nSPS) is 25.2. The van der Waals surface area contributed by atoms with Gasteiger partial charge in [-0.05, 0) is 61.3 Å². The molecule has 15 heteroatoms. The second kappa shape index (κ2) is 12.7. The molecule has 1 aromatic carbocycles. The van der Waals surface area contributed by atoms with Crippen LogP contribution < -0.4 is 10.3 Å². The van der Waals surface area contributed by atoms with Gasteiger partial charge in [0.25, 0.3) is 0 Å². The monoisotopic (exact) mass is 687 g/mol. The largest absolute Gasteiger partial charge is 0.530 e. The molecule has 13 nitrogen and oxygen atoms in total. The first-order chi connectivity index (χ1) is 21.9. The van der Waals surface area contributed by atoms with Gasteiger partial charge in [-0.3, -0.25) is 9.05 Å².